The minimum Gasteiger partial charge on any atom is -0.489 e. The number of hydrogen-bond acceptors (Lipinski definition) is 3. The van der Waals surface area contributed by atoms with Crippen molar-refractivity contribution in [3.8, 4) is 5.75 Å². The molecule has 0 bridgehead atoms. The molecule has 1 unspecified atom stereocenters. The van der Waals surface area contributed by atoms with Crippen LogP contribution in [0, 0.1) is 5.41 Å². The molecule has 172 valence electrons. The van der Waals surface area contributed by atoms with E-state index in [1.807, 2.05) is 84.9 Å². The van der Waals surface area contributed by atoms with Gasteiger partial charge in [-0.1, -0.05) is 74.5 Å². The number of anilines is 1. The van der Waals surface area contributed by atoms with Crippen LogP contribution >= 0.6 is 0 Å². The van der Waals surface area contributed by atoms with E-state index in [1.54, 1.807) is 4.90 Å². The molecule has 3 aromatic carbocycles. The molecule has 2 aliphatic rings. The second-order valence-electron chi connectivity index (χ2n) is 9.97. The van der Waals surface area contributed by atoms with E-state index in [0.717, 1.165) is 33.8 Å². The van der Waals surface area contributed by atoms with Gasteiger partial charge in [0.1, 0.15) is 12.4 Å². The number of ether oxygens (including phenoxy) is 1. The highest BCUT2D eigenvalue weighted by atomic mass is 16.5. The first-order valence-electron chi connectivity index (χ1n) is 11.8. The first-order valence-corrected chi connectivity index (χ1v) is 11.8. The molecule has 0 aromatic heterocycles. The highest BCUT2D eigenvalue weighted by Gasteiger charge is 2.44. The fourth-order valence-corrected chi connectivity index (χ4v) is 5.11. The molecule has 0 saturated heterocycles. The molecule has 3 aromatic rings. The first kappa shape index (κ1) is 22.1. The molecular formula is C30H29NO3. The van der Waals surface area contributed by atoms with Crippen LogP contribution < -0.4 is 9.64 Å². The van der Waals surface area contributed by atoms with Crippen molar-refractivity contribution in [3.05, 3.63) is 107 Å². The fourth-order valence-electron chi connectivity index (χ4n) is 5.11. The first-order chi connectivity index (χ1) is 16.4. The number of rotatable bonds is 5. The van der Waals surface area contributed by atoms with Crippen LogP contribution in [-0.4, -0.2) is 11.7 Å². The summed E-state index contributed by atoms with van der Waals surface area (Å²) in [5.41, 5.74) is 4.39. The Labute approximate surface area is 200 Å². The summed E-state index contributed by atoms with van der Waals surface area (Å²) < 4.78 is 5.93. The van der Waals surface area contributed by atoms with E-state index in [1.165, 1.54) is 0 Å². The van der Waals surface area contributed by atoms with Crippen molar-refractivity contribution in [3.63, 3.8) is 0 Å². The zero-order chi connectivity index (χ0) is 23.7. The minimum absolute atomic E-state index is 0.0323. The fraction of sp³-hybridized carbons (Fsp3) is 0.267. The van der Waals surface area contributed by atoms with Gasteiger partial charge in [-0.25, -0.2) is 0 Å². The number of carbonyl (C=O) groups is 2. The standard InChI is InChI=1S/C30H29NO3/c1-30(2)18-26-29(27(32)19-30)25(17-28(33)31(26)23-11-7-4-8-12-23)22-13-15-24(16-14-22)34-20-21-9-5-3-6-10-21/h3-16,25H,17-20H2,1-2H3. The molecule has 1 aliphatic heterocycles. The Balaban J connectivity index is 1.47. The Kier molecular flexibility index (Phi) is 5.82. The van der Waals surface area contributed by atoms with E-state index >= 15 is 0 Å². The van der Waals surface area contributed by atoms with Gasteiger partial charge in [-0.15, -0.1) is 0 Å². The molecule has 4 heteroatoms. The van der Waals surface area contributed by atoms with Crippen molar-refractivity contribution in [2.24, 2.45) is 5.41 Å². The Hall–Kier alpha value is -3.66. The van der Waals surface area contributed by atoms with Crippen molar-refractivity contribution in [1.29, 1.82) is 0 Å². The molecule has 4 nitrogen and oxygen atoms in total. The van der Waals surface area contributed by atoms with Crippen molar-refractivity contribution in [2.75, 3.05) is 4.90 Å². The van der Waals surface area contributed by atoms with Crippen molar-refractivity contribution in [1.82, 2.24) is 0 Å². The van der Waals surface area contributed by atoms with E-state index in [0.29, 0.717) is 19.4 Å². The molecule has 5 rings (SSSR count). The Morgan fingerprint density at radius 3 is 2.18 bits per heavy atom. The lowest BCUT2D eigenvalue weighted by Gasteiger charge is -2.43. The maximum absolute atomic E-state index is 13.4. The zero-order valence-corrected chi connectivity index (χ0v) is 19.7. The van der Waals surface area contributed by atoms with Gasteiger partial charge in [0.05, 0.1) is 0 Å². The minimum atomic E-state index is -0.228. The third kappa shape index (κ3) is 4.41. The number of amides is 1. The lowest BCUT2D eigenvalue weighted by molar-refractivity contribution is -0.121. The number of allylic oxidation sites excluding steroid dienone is 2. The van der Waals surface area contributed by atoms with Gasteiger partial charge in [-0.05, 0) is 47.2 Å². The second kappa shape index (κ2) is 8.94. The average molecular weight is 452 g/mol. The van der Waals surface area contributed by atoms with Crippen LogP contribution in [0.15, 0.2) is 96.2 Å². The number of hydrogen-bond donors (Lipinski definition) is 0. The topological polar surface area (TPSA) is 46.6 Å². The normalized spacial score (nSPS) is 19.7. The zero-order valence-electron chi connectivity index (χ0n) is 19.7. The Morgan fingerprint density at radius 1 is 0.853 bits per heavy atom. The third-order valence-electron chi connectivity index (χ3n) is 6.69. The van der Waals surface area contributed by atoms with E-state index in [9.17, 15) is 9.59 Å². The molecule has 0 N–H and O–H groups in total. The number of benzene rings is 3. The summed E-state index contributed by atoms with van der Waals surface area (Å²) in [5.74, 6) is 0.721. The summed E-state index contributed by atoms with van der Waals surface area (Å²) in [6.45, 7) is 4.70. The van der Waals surface area contributed by atoms with Crippen LogP contribution in [0.4, 0.5) is 5.69 Å². The highest BCUT2D eigenvalue weighted by Crippen LogP contribution is 2.48. The average Bonchev–Trinajstić information content (AvgIpc) is 2.83. The smallest absolute Gasteiger partial charge is 0.232 e. The lowest BCUT2D eigenvalue weighted by Crippen LogP contribution is -2.43. The highest BCUT2D eigenvalue weighted by molar-refractivity contribution is 6.07. The van der Waals surface area contributed by atoms with Gasteiger partial charge in [0, 0.05) is 35.7 Å². The molecular weight excluding hydrogens is 422 g/mol. The second-order valence-corrected chi connectivity index (χ2v) is 9.97. The predicted octanol–water partition coefficient (Wildman–Crippen LogP) is 6.43. The van der Waals surface area contributed by atoms with Crippen LogP contribution in [0.5, 0.6) is 5.75 Å². The van der Waals surface area contributed by atoms with Gasteiger partial charge in [0.15, 0.2) is 5.78 Å². The molecule has 0 fully saturated rings. The quantitative estimate of drug-likeness (QED) is 0.449. The molecule has 0 saturated carbocycles. The molecule has 1 heterocycles. The van der Waals surface area contributed by atoms with Crippen molar-refractivity contribution in [2.45, 2.75) is 45.6 Å². The summed E-state index contributed by atoms with van der Waals surface area (Å²) in [6, 6.07) is 27.6. The predicted molar refractivity (Wildman–Crippen MR) is 134 cm³/mol. The van der Waals surface area contributed by atoms with Gasteiger partial charge in [0.25, 0.3) is 0 Å². The summed E-state index contributed by atoms with van der Waals surface area (Å²) >= 11 is 0. The Morgan fingerprint density at radius 2 is 1.50 bits per heavy atom. The number of carbonyl (C=O) groups excluding carboxylic acids is 2. The van der Waals surface area contributed by atoms with Crippen molar-refractivity contribution < 1.29 is 14.3 Å². The number of para-hydroxylation sites is 1. The Bertz CT molecular complexity index is 1230. The van der Waals surface area contributed by atoms with E-state index in [4.69, 9.17) is 4.74 Å². The number of nitrogens with zero attached hydrogens (tertiary/aromatic N) is 1. The van der Waals surface area contributed by atoms with Gasteiger partial charge < -0.3 is 4.74 Å². The van der Waals surface area contributed by atoms with Gasteiger partial charge in [-0.3, -0.25) is 14.5 Å². The summed E-state index contributed by atoms with van der Waals surface area (Å²) in [5, 5.41) is 0. The van der Waals surface area contributed by atoms with Crippen LogP contribution in [0.1, 0.15) is 50.2 Å². The maximum atomic E-state index is 13.4. The van der Waals surface area contributed by atoms with Gasteiger partial charge in [0.2, 0.25) is 5.91 Å². The van der Waals surface area contributed by atoms with Crippen LogP contribution in [0.3, 0.4) is 0 Å². The largest absolute Gasteiger partial charge is 0.489 e. The van der Waals surface area contributed by atoms with Gasteiger partial charge >= 0.3 is 0 Å². The van der Waals surface area contributed by atoms with E-state index in [-0.39, 0.29) is 29.4 Å². The molecule has 0 radical (unpaired) electrons. The summed E-state index contributed by atoms with van der Waals surface area (Å²) in [7, 11) is 0. The SMILES string of the molecule is CC1(C)CC(=O)C2=C(C1)N(c1ccccc1)C(=O)CC2c1ccc(OCc2ccccc2)cc1. The van der Waals surface area contributed by atoms with E-state index in [2.05, 4.69) is 13.8 Å². The molecule has 0 spiro atoms. The third-order valence-corrected chi connectivity index (χ3v) is 6.69. The molecule has 34 heavy (non-hydrogen) atoms. The molecule has 1 atom stereocenters. The monoisotopic (exact) mass is 451 g/mol. The van der Waals surface area contributed by atoms with Crippen LogP contribution in [-0.2, 0) is 16.2 Å². The number of Topliss-reactive ketones (excluding diaryl/α,β-unsaturated/α-hetero) is 1. The van der Waals surface area contributed by atoms with Gasteiger partial charge in [-0.2, -0.15) is 0 Å². The summed E-state index contributed by atoms with van der Waals surface area (Å²) in [4.78, 5) is 28.6. The van der Waals surface area contributed by atoms with E-state index < -0.39 is 0 Å². The van der Waals surface area contributed by atoms with Crippen LogP contribution in [0.25, 0.3) is 0 Å². The molecule has 1 aliphatic carbocycles. The molecule has 1 amide bonds. The number of ketones is 1. The van der Waals surface area contributed by atoms with Crippen molar-refractivity contribution >= 4 is 17.4 Å². The summed E-state index contributed by atoms with van der Waals surface area (Å²) in [6.07, 6.45) is 1.48. The lowest BCUT2D eigenvalue weighted by atomic mass is 9.69. The maximum Gasteiger partial charge on any atom is 0.232 e. The van der Waals surface area contributed by atoms with Crippen LogP contribution in [0.2, 0.25) is 0 Å².